The summed E-state index contributed by atoms with van der Waals surface area (Å²) in [5, 5.41) is 11.7. The van der Waals surface area contributed by atoms with Crippen molar-refractivity contribution in [3.63, 3.8) is 0 Å². The highest BCUT2D eigenvalue weighted by Gasteiger charge is 2.27. The van der Waals surface area contributed by atoms with Gasteiger partial charge in [0.2, 0.25) is 5.69 Å². The number of hydrogen-bond acceptors (Lipinski definition) is 4. The van der Waals surface area contributed by atoms with Crippen molar-refractivity contribution >= 4 is 34.2 Å². The van der Waals surface area contributed by atoms with Gasteiger partial charge in [0, 0.05) is 5.02 Å². The monoisotopic (exact) mass is 268 g/mol. The number of esters is 1. The molecule has 0 fully saturated rings. The number of hydrogen-bond donors (Lipinski definition) is 1. The standard InChI is InChI=1S/C11H9ClN2O4/c1-2-18-11(15)9-10(14(16)17)7-5-6(12)3-4-8(7)13-9/h3-5,13H,2H2,1H3. The molecule has 0 radical (unpaired) electrons. The number of aromatic nitrogens is 1. The van der Waals surface area contributed by atoms with Crippen LogP contribution < -0.4 is 0 Å². The molecule has 2 rings (SSSR count). The zero-order chi connectivity index (χ0) is 13.3. The van der Waals surface area contributed by atoms with Crippen molar-refractivity contribution in [2.75, 3.05) is 6.61 Å². The highest BCUT2D eigenvalue weighted by Crippen LogP contribution is 2.32. The van der Waals surface area contributed by atoms with Crippen LogP contribution in [0.1, 0.15) is 17.4 Å². The van der Waals surface area contributed by atoms with Gasteiger partial charge in [0.25, 0.3) is 0 Å². The summed E-state index contributed by atoms with van der Waals surface area (Å²) < 4.78 is 4.77. The van der Waals surface area contributed by atoms with Gasteiger partial charge >= 0.3 is 11.7 Å². The Bertz CT molecular complexity index is 635. The molecule has 1 aromatic heterocycles. The Kier molecular flexibility index (Phi) is 3.20. The molecule has 0 aliphatic rings. The summed E-state index contributed by atoms with van der Waals surface area (Å²) in [4.78, 5) is 24.7. The van der Waals surface area contributed by atoms with Crippen molar-refractivity contribution in [2.45, 2.75) is 6.92 Å². The molecule has 7 heteroatoms. The van der Waals surface area contributed by atoms with Crippen LogP contribution in [-0.4, -0.2) is 22.5 Å². The van der Waals surface area contributed by atoms with Gasteiger partial charge in [-0.2, -0.15) is 0 Å². The molecule has 1 N–H and O–H groups in total. The van der Waals surface area contributed by atoms with Crippen molar-refractivity contribution in [2.24, 2.45) is 0 Å². The molecule has 0 saturated carbocycles. The Morgan fingerprint density at radius 3 is 2.89 bits per heavy atom. The maximum Gasteiger partial charge on any atom is 0.362 e. The Hall–Kier alpha value is -2.08. The minimum absolute atomic E-state index is 0.145. The van der Waals surface area contributed by atoms with Crippen LogP contribution in [0.3, 0.4) is 0 Å². The number of fused-ring (bicyclic) bond motifs is 1. The quantitative estimate of drug-likeness (QED) is 0.527. The van der Waals surface area contributed by atoms with E-state index in [0.717, 1.165) is 0 Å². The van der Waals surface area contributed by atoms with E-state index < -0.39 is 10.9 Å². The van der Waals surface area contributed by atoms with E-state index in [1.165, 1.54) is 6.07 Å². The fourth-order valence-corrected chi connectivity index (χ4v) is 1.86. The number of nitro groups is 1. The van der Waals surface area contributed by atoms with E-state index in [2.05, 4.69) is 4.98 Å². The Labute approximate surface area is 107 Å². The van der Waals surface area contributed by atoms with E-state index in [-0.39, 0.29) is 23.4 Å². The molecule has 0 aliphatic carbocycles. The van der Waals surface area contributed by atoms with E-state index in [9.17, 15) is 14.9 Å². The highest BCUT2D eigenvalue weighted by molar-refractivity contribution is 6.31. The fourth-order valence-electron chi connectivity index (χ4n) is 1.69. The third-order valence-corrected chi connectivity index (χ3v) is 2.63. The number of carbonyl (C=O) groups is 1. The summed E-state index contributed by atoms with van der Waals surface area (Å²) in [5.74, 6) is -0.753. The molecule has 0 spiro atoms. The largest absolute Gasteiger partial charge is 0.461 e. The maximum atomic E-state index is 11.6. The van der Waals surface area contributed by atoms with E-state index in [1.54, 1.807) is 19.1 Å². The first-order chi connectivity index (χ1) is 8.54. The zero-order valence-electron chi connectivity index (χ0n) is 9.40. The first kappa shape index (κ1) is 12.4. The Morgan fingerprint density at radius 2 is 2.28 bits per heavy atom. The lowest BCUT2D eigenvalue weighted by Crippen LogP contribution is -2.07. The maximum absolute atomic E-state index is 11.6. The van der Waals surface area contributed by atoms with Crippen LogP contribution in [0.2, 0.25) is 5.02 Å². The molecule has 0 saturated heterocycles. The SMILES string of the molecule is CCOC(=O)c1[nH]c2ccc(Cl)cc2c1[N+](=O)[O-]. The average molecular weight is 269 g/mol. The topological polar surface area (TPSA) is 85.2 Å². The number of carbonyl (C=O) groups excluding carboxylic acids is 1. The number of aromatic amines is 1. The molecule has 0 amide bonds. The second-order valence-corrected chi connectivity index (χ2v) is 3.95. The molecular formula is C11H9ClN2O4. The van der Waals surface area contributed by atoms with Crippen LogP contribution in [0.15, 0.2) is 18.2 Å². The van der Waals surface area contributed by atoms with E-state index in [4.69, 9.17) is 16.3 Å². The number of ether oxygens (including phenoxy) is 1. The van der Waals surface area contributed by atoms with Crippen LogP contribution in [-0.2, 0) is 4.74 Å². The summed E-state index contributed by atoms with van der Waals surface area (Å²) in [6.45, 7) is 1.77. The fraction of sp³-hybridized carbons (Fsp3) is 0.182. The van der Waals surface area contributed by atoms with Crippen molar-refractivity contribution in [3.05, 3.63) is 39.0 Å². The van der Waals surface area contributed by atoms with Gasteiger partial charge < -0.3 is 9.72 Å². The van der Waals surface area contributed by atoms with Crippen LogP contribution in [0.25, 0.3) is 10.9 Å². The predicted octanol–water partition coefficient (Wildman–Crippen LogP) is 2.91. The first-order valence-electron chi connectivity index (χ1n) is 5.17. The van der Waals surface area contributed by atoms with Crippen LogP contribution in [0, 0.1) is 10.1 Å². The predicted molar refractivity (Wildman–Crippen MR) is 65.9 cm³/mol. The van der Waals surface area contributed by atoms with Crippen LogP contribution in [0.4, 0.5) is 5.69 Å². The van der Waals surface area contributed by atoms with Gasteiger partial charge in [0.05, 0.1) is 22.4 Å². The van der Waals surface area contributed by atoms with Crippen molar-refractivity contribution in [3.8, 4) is 0 Å². The second-order valence-electron chi connectivity index (χ2n) is 3.52. The molecule has 1 aromatic carbocycles. The molecule has 0 aliphatic heterocycles. The van der Waals surface area contributed by atoms with Gasteiger partial charge in [-0.1, -0.05) is 11.6 Å². The lowest BCUT2D eigenvalue weighted by Gasteiger charge is -1.98. The minimum Gasteiger partial charge on any atom is -0.461 e. The smallest absolute Gasteiger partial charge is 0.362 e. The van der Waals surface area contributed by atoms with E-state index in [0.29, 0.717) is 10.5 Å². The van der Waals surface area contributed by atoms with Gasteiger partial charge in [-0.05, 0) is 25.1 Å². The van der Waals surface area contributed by atoms with E-state index in [1.807, 2.05) is 0 Å². The molecule has 6 nitrogen and oxygen atoms in total. The third-order valence-electron chi connectivity index (χ3n) is 2.40. The van der Waals surface area contributed by atoms with Gasteiger partial charge in [-0.3, -0.25) is 10.1 Å². The third kappa shape index (κ3) is 2.02. The lowest BCUT2D eigenvalue weighted by atomic mass is 10.2. The first-order valence-corrected chi connectivity index (χ1v) is 5.55. The number of rotatable bonds is 3. The van der Waals surface area contributed by atoms with Crippen molar-refractivity contribution < 1.29 is 14.5 Å². The van der Waals surface area contributed by atoms with Crippen LogP contribution in [0.5, 0.6) is 0 Å². The summed E-state index contributed by atoms with van der Waals surface area (Å²) in [5.41, 5.74) is -0.0146. The minimum atomic E-state index is -0.753. The molecule has 94 valence electrons. The molecule has 0 bridgehead atoms. The Morgan fingerprint density at radius 1 is 1.56 bits per heavy atom. The summed E-state index contributed by atoms with van der Waals surface area (Å²) in [6, 6.07) is 4.60. The zero-order valence-corrected chi connectivity index (χ0v) is 10.2. The van der Waals surface area contributed by atoms with Crippen LogP contribution >= 0.6 is 11.6 Å². The number of nitrogens with zero attached hydrogens (tertiary/aromatic N) is 1. The lowest BCUT2D eigenvalue weighted by molar-refractivity contribution is -0.383. The van der Waals surface area contributed by atoms with Gasteiger partial charge in [0.1, 0.15) is 0 Å². The molecule has 1 heterocycles. The van der Waals surface area contributed by atoms with Crippen molar-refractivity contribution in [1.82, 2.24) is 4.98 Å². The molecule has 2 aromatic rings. The molecular weight excluding hydrogens is 260 g/mol. The number of halogens is 1. The highest BCUT2D eigenvalue weighted by atomic mass is 35.5. The van der Waals surface area contributed by atoms with Gasteiger partial charge in [-0.15, -0.1) is 0 Å². The molecule has 0 unspecified atom stereocenters. The molecule has 0 atom stereocenters. The van der Waals surface area contributed by atoms with Crippen molar-refractivity contribution in [1.29, 1.82) is 0 Å². The normalized spacial score (nSPS) is 10.6. The molecule has 18 heavy (non-hydrogen) atoms. The summed E-state index contributed by atoms with van der Waals surface area (Å²) in [7, 11) is 0. The summed E-state index contributed by atoms with van der Waals surface area (Å²) in [6.07, 6.45) is 0. The van der Waals surface area contributed by atoms with E-state index >= 15 is 0 Å². The Balaban J connectivity index is 2.69. The van der Waals surface area contributed by atoms with Gasteiger partial charge in [0.15, 0.2) is 0 Å². The van der Waals surface area contributed by atoms with Gasteiger partial charge in [-0.25, -0.2) is 4.79 Å². The number of benzene rings is 1. The average Bonchev–Trinajstić information content (AvgIpc) is 2.67. The number of H-pyrrole nitrogens is 1. The second kappa shape index (κ2) is 4.66. The summed E-state index contributed by atoms with van der Waals surface area (Å²) >= 11 is 5.79. The number of nitrogens with one attached hydrogen (secondary N) is 1.